The van der Waals surface area contributed by atoms with Gasteiger partial charge in [0.1, 0.15) is 0 Å². The Bertz CT molecular complexity index is 578. The van der Waals surface area contributed by atoms with E-state index in [1.165, 1.54) is 0 Å². The molecule has 1 aromatic carbocycles. The van der Waals surface area contributed by atoms with Crippen LogP contribution in [-0.4, -0.2) is 9.78 Å². The molecule has 0 saturated carbocycles. The Kier molecular flexibility index (Phi) is 4.50. The van der Waals surface area contributed by atoms with Crippen LogP contribution < -0.4 is 5.32 Å². The lowest BCUT2D eigenvalue weighted by Crippen LogP contribution is -2.20. The molecule has 19 heavy (non-hydrogen) atoms. The Balaban J connectivity index is 2.06. The minimum Gasteiger partial charge on any atom is -0.305 e. The molecular formula is C14H17Cl2N3. The summed E-state index contributed by atoms with van der Waals surface area (Å²) in [6.45, 7) is 4.68. The number of rotatable bonds is 4. The molecule has 1 heterocycles. The summed E-state index contributed by atoms with van der Waals surface area (Å²) >= 11 is 12.2. The predicted octanol–water partition coefficient (Wildman–Crippen LogP) is 3.89. The van der Waals surface area contributed by atoms with Gasteiger partial charge in [0.05, 0.1) is 16.4 Å². The fourth-order valence-corrected chi connectivity index (χ4v) is 2.44. The third-order valence-corrected chi connectivity index (χ3v) is 3.91. The quantitative estimate of drug-likeness (QED) is 0.928. The number of aromatic nitrogens is 2. The molecule has 0 aliphatic carbocycles. The van der Waals surface area contributed by atoms with Crippen LogP contribution in [0.1, 0.15) is 29.9 Å². The van der Waals surface area contributed by atoms with E-state index in [9.17, 15) is 0 Å². The fraction of sp³-hybridized carbons (Fsp3) is 0.357. The van der Waals surface area contributed by atoms with Crippen LogP contribution in [0.25, 0.3) is 0 Å². The van der Waals surface area contributed by atoms with Crippen molar-refractivity contribution < 1.29 is 0 Å². The van der Waals surface area contributed by atoms with Crippen LogP contribution in [0.5, 0.6) is 0 Å². The van der Waals surface area contributed by atoms with Crippen molar-refractivity contribution in [1.82, 2.24) is 15.1 Å². The minimum absolute atomic E-state index is 0.199. The van der Waals surface area contributed by atoms with Crippen LogP contribution in [0.3, 0.4) is 0 Å². The second-order valence-corrected chi connectivity index (χ2v) is 5.44. The third-order valence-electron chi connectivity index (χ3n) is 3.19. The van der Waals surface area contributed by atoms with Crippen LogP contribution in [0, 0.1) is 6.92 Å². The molecule has 0 radical (unpaired) electrons. The average Bonchev–Trinajstić information content (AvgIpc) is 2.61. The first kappa shape index (κ1) is 14.4. The summed E-state index contributed by atoms with van der Waals surface area (Å²) in [6.07, 6.45) is 0. The number of hydrogen-bond donors (Lipinski definition) is 1. The molecule has 5 heteroatoms. The zero-order valence-corrected chi connectivity index (χ0v) is 12.8. The number of nitrogens with zero attached hydrogens (tertiary/aromatic N) is 2. The maximum Gasteiger partial charge on any atom is 0.0860 e. The predicted molar refractivity (Wildman–Crippen MR) is 79.7 cm³/mol. The van der Waals surface area contributed by atoms with Crippen LogP contribution in [0.2, 0.25) is 10.0 Å². The van der Waals surface area contributed by atoms with Crippen molar-refractivity contribution in [2.45, 2.75) is 26.4 Å². The largest absolute Gasteiger partial charge is 0.305 e. The Labute approximate surface area is 123 Å². The highest BCUT2D eigenvalue weighted by atomic mass is 35.5. The minimum atomic E-state index is 0.199. The fourth-order valence-electron chi connectivity index (χ4n) is 2.02. The normalized spacial score (nSPS) is 12.7. The van der Waals surface area contributed by atoms with Crippen LogP contribution >= 0.6 is 23.2 Å². The van der Waals surface area contributed by atoms with Crippen molar-refractivity contribution in [3.63, 3.8) is 0 Å². The van der Waals surface area contributed by atoms with Crippen molar-refractivity contribution in [1.29, 1.82) is 0 Å². The summed E-state index contributed by atoms with van der Waals surface area (Å²) in [5.74, 6) is 0. The van der Waals surface area contributed by atoms with Crippen molar-refractivity contribution in [2.24, 2.45) is 7.05 Å². The molecule has 1 N–H and O–H groups in total. The number of hydrogen-bond acceptors (Lipinski definition) is 2. The van der Waals surface area contributed by atoms with E-state index in [-0.39, 0.29) is 6.04 Å². The first-order chi connectivity index (χ1) is 8.99. The molecule has 3 nitrogen and oxygen atoms in total. The highest BCUT2D eigenvalue weighted by molar-refractivity contribution is 6.31. The molecule has 0 amide bonds. The summed E-state index contributed by atoms with van der Waals surface area (Å²) in [5.41, 5.74) is 3.01. The Morgan fingerprint density at radius 1 is 1.37 bits per heavy atom. The van der Waals surface area contributed by atoms with E-state index in [0.717, 1.165) is 27.0 Å². The second kappa shape index (κ2) is 5.95. The lowest BCUT2D eigenvalue weighted by Gasteiger charge is -2.14. The van der Waals surface area contributed by atoms with Crippen molar-refractivity contribution in [3.05, 3.63) is 51.3 Å². The Hall–Kier alpha value is -1.03. The molecular weight excluding hydrogens is 281 g/mol. The summed E-state index contributed by atoms with van der Waals surface area (Å²) < 4.78 is 1.81. The molecule has 0 saturated heterocycles. The topological polar surface area (TPSA) is 29.9 Å². The zero-order chi connectivity index (χ0) is 14.0. The zero-order valence-electron chi connectivity index (χ0n) is 11.2. The smallest absolute Gasteiger partial charge is 0.0860 e. The van der Waals surface area contributed by atoms with Gasteiger partial charge < -0.3 is 5.32 Å². The second-order valence-electron chi connectivity index (χ2n) is 4.63. The van der Waals surface area contributed by atoms with E-state index in [1.54, 1.807) is 0 Å². The summed E-state index contributed by atoms with van der Waals surface area (Å²) in [7, 11) is 1.90. The number of benzene rings is 1. The maximum atomic E-state index is 6.22. The highest BCUT2D eigenvalue weighted by Gasteiger charge is 2.12. The van der Waals surface area contributed by atoms with Gasteiger partial charge in [0, 0.05) is 24.7 Å². The van der Waals surface area contributed by atoms with E-state index >= 15 is 0 Å². The molecule has 0 fully saturated rings. The van der Waals surface area contributed by atoms with E-state index < -0.39 is 0 Å². The standard InChI is InChI=1S/C14H17Cl2N3/c1-9(11-5-4-6-12(15)7-11)17-8-13-14(16)10(2)18-19(13)3/h4-7,9,17H,8H2,1-3H3/t9-/m0/s1. The summed E-state index contributed by atoms with van der Waals surface area (Å²) in [6, 6.07) is 8.05. The molecule has 0 aliphatic heterocycles. The SMILES string of the molecule is Cc1nn(C)c(CN[C@@H](C)c2cccc(Cl)c2)c1Cl. The van der Waals surface area contributed by atoms with Gasteiger partial charge in [0.15, 0.2) is 0 Å². The summed E-state index contributed by atoms with van der Waals surface area (Å²) in [5, 5.41) is 9.21. The average molecular weight is 298 g/mol. The van der Waals surface area contributed by atoms with Gasteiger partial charge in [0.2, 0.25) is 0 Å². The van der Waals surface area contributed by atoms with Gasteiger partial charge >= 0.3 is 0 Å². The van der Waals surface area contributed by atoms with Crippen molar-refractivity contribution >= 4 is 23.2 Å². The van der Waals surface area contributed by atoms with Crippen molar-refractivity contribution in [2.75, 3.05) is 0 Å². The number of aryl methyl sites for hydroxylation is 2. The van der Waals surface area contributed by atoms with Gasteiger partial charge in [-0.2, -0.15) is 5.10 Å². The lowest BCUT2D eigenvalue weighted by molar-refractivity contribution is 0.548. The van der Waals surface area contributed by atoms with E-state index in [0.29, 0.717) is 6.54 Å². The Morgan fingerprint density at radius 3 is 2.68 bits per heavy atom. The molecule has 1 atom stereocenters. The van der Waals surface area contributed by atoms with Crippen molar-refractivity contribution in [3.8, 4) is 0 Å². The molecule has 2 aromatic rings. The molecule has 0 aliphatic rings. The monoisotopic (exact) mass is 297 g/mol. The van der Waals surface area contributed by atoms with Gasteiger partial charge in [-0.25, -0.2) is 0 Å². The van der Waals surface area contributed by atoms with Gasteiger partial charge in [-0.05, 0) is 31.5 Å². The molecule has 0 spiro atoms. The number of nitrogens with one attached hydrogen (secondary N) is 1. The van der Waals surface area contributed by atoms with E-state index in [1.807, 2.05) is 36.9 Å². The van der Waals surface area contributed by atoms with E-state index in [2.05, 4.69) is 23.4 Å². The van der Waals surface area contributed by atoms with Gasteiger partial charge in [-0.3, -0.25) is 4.68 Å². The van der Waals surface area contributed by atoms with Crippen LogP contribution in [0.15, 0.2) is 24.3 Å². The first-order valence-electron chi connectivity index (χ1n) is 6.16. The molecule has 2 rings (SSSR count). The number of halogens is 2. The van der Waals surface area contributed by atoms with Gasteiger partial charge in [0.25, 0.3) is 0 Å². The highest BCUT2D eigenvalue weighted by Crippen LogP contribution is 2.21. The summed E-state index contributed by atoms with van der Waals surface area (Å²) in [4.78, 5) is 0. The third kappa shape index (κ3) is 3.30. The van der Waals surface area contributed by atoms with Crippen LogP contribution in [-0.2, 0) is 13.6 Å². The molecule has 1 aromatic heterocycles. The first-order valence-corrected chi connectivity index (χ1v) is 6.91. The Morgan fingerprint density at radius 2 is 2.11 bits per heavy atom. The van der Waals surface area contributed by atoms with E-state index in [4.69, 9.17) is 23.2 Å². The lowest BCUT2D eigenvalue weighted by atomic mass is 10.1. The van der Waals surface area contributed by atoms with Gasteiger partial charge in [-0.15, -0.1) is 0 Å². The molecule has 0 unspecified atom stereocenters. The molecule has 0 bridgehead atoms. The maximum absolute atomic E-state index is 6.22. The molecule has 102 valence electrons. The van der Waals surface area contributed by atoms with Gasteiger partial charge in [-0.1, -0.05) is 35.3 Å². The van der Waals surface area contributed by atoms with Crippen LogP contribution in [0.4, 0.5) is 0 Å².